The fourth-order valence-corrected chi connectivity index (χ4v) is 3.74. The van der Waals surface area contributed by atoms with Crippen molar-refractivity contribution >= 4 is 0 Å². The van der Waals surface area contributed by atoms with E-state index >= 15 is 0 Å². The average molecular weight is 395 g/mol. The number of likely N-dealkylation sites (tertiary alicyclic amines) is 1. The van der Waals surface area contributed by atoms with Crippen LogP contribution in [0.4, 0.5) is 4.39 Å². The van der Waals surface area contributed by atoms with E-state index in [0.29, 0.717) is 19.1 Å². The summed E-state index contributed by atoms with van der Waals surface area (Å²) in [4.78, 5) is 11.2. The Labute approximate surface area is 170 Å². The summed E-state index contributed by atoms with van der Waals surface area (Å²) < 4.78 is 19.2. The van der Waals surface area contributed by atoms with Crippen molar-refractivity contribution in [2.45, 2.75) is 45.2 Å². The van der Waals surface area contributed by atoms with Gasteiger partial charge in [-0.05, 0) is 37.6 Å². The van der Waals surface area contributed by atoms with Crippen LogP contribution in [-0.2, 0) is 19.4 Å². The Hall–Kier alpha value is -2.80. The fourth-order valence-electron chi connectivity index (χ4n) is 3.74. The van der Waals surface area contributed by atoms with E-state index in [1.165, 1.54) is 6.07 Å². The molecule has 6 nitrogen and oxygen atoms in total. The van der Waals surface area contributed by atoms with Gasteiger partial charge in [-0.1, -0.05) is 19.1 Å². The lowest BCUT2D eigenvalue weighted by Gasteiger charge is -2.22. The molecule has 1 saturated heterocycles. The molecule has 0 amide bonds. The van der Waals surface area contributed by atoms with E-state index in [1.807, 2.05) is 12.4 Å². The molecule has 29 heavy (non-hydrogen) atoms. The molecule has 1 atom stereocenters. The number of H-pyrrole nitrogens is 1. The number of nitrogens with zero attached hydrogens (tertiary/aromatic N) is 4. The highest BCUT2D eigenvalue weighted by Gasteiger charge is 2.28. The van der Waals surface area contributed by atoms with Crippen molar-refractivity contribution < 1.29 is 9.13 Å². The SMILES string of the molecule is CCc1ncc(CN2CCC[C@@H]2c2cc(CCOc3ccccc3F)[nH]n2)cn1. The second-order valence-electron chi connectivity index (χ2n) is 7.34. The molecular weight excluding hydrogens is 369 g/mol. The van der Waals surface area contributed by atoms with Crippen LogP contribution in [0.1, 0.15) is 48.6 Å². The zero-order valence-corrected chi connectivity index (χ0v) is 16.6. The van der Waals surface area contributed by atoms with Crippen molar-refractivity contribution in [1.82, 2.24) is 25.1 Å². The highest BCUT2D eigenvalue weighted by molar-refractivity contribution is 5.23. The molecule has 0 spiro atoms. The fraction of sp³-hybridized carbons (Fsp3) is 0.409. The number of aryl methyl sites for hydroxylation is 1. The normalized spacial score (nSPS) is 17.0. The Bertz CT molecular complexity index is 927. The predicted molar refractivity (Wildman–Crippen MR) is 108 cm³/mol. The lowest BCUT2D eigenvalue weighted by molar-refractivity contribution is 0.243. The first-order valence-electron chi connectivity index (χ1n) is 10.2. The van der Waals surface area contributed by atoms with E-state index in [1.54, 1.807) is 18.2 Å². The largest absolute Gasteiger partial charge is 0.490 e. The molecular formula is C22H26FN5O. The number of nitrogens with one attached hydrogen (secondary N) is 1. The highest BCUT2D eigenvalue weighted by Crippen LogP contribution is 2.32. The Morgan fingerprint density at radius 2 is 2.07 bits per heavy atom. The molecule has 4 rings (SSSR count). The van der Waals surface area contributed by atoms with Gasteiger partial charge in [0.05, 0.1) is 18.3 Å². The number of rotatable bonds is 8. The summed E-state index contributed by atoms with van der Waals surface area (Å²) in [5, 5.41) is 7.64. The van der Waals surface area contributed by atoms with Gasteiger partial charge >= 0.3 is 0 Å². The van der Waals surface area contributed by atoms with E-state index in [-0.39, 0.29) is 11.6 Å². The van der Waals surface area contributed by atoms with Crippen LogP contribution < -0.4 is 4.74 Å². The van der Waals surface area contributed by atoms with Gasteiger partial charge in [-0.2, -0.15) is 5.10 Å². The minimum atomic E-state index is -0.338. The first kappa shape index (κ1) is 19.5. The van der Waals surface area contributed by atoms with Crippen LogP contribution in [0.3, 0.4) is 0 Å². The molecule has 0 unspecified atom stereocenters. The molecule has 2 aromatic heterocycles. The molecule has 0 saturated carbocycles. The molecule has 3 aromatic rings. The van der Waals surface area contributed by atoms with Crippen molar-refractivity contribution in [3.8, 4) is 5.75 Å². The van der Waals surface area contributed by atoms with Gasteiger partial charge < -0.3 is 4.74 Å². The van der Waals surface area contributed by atoms with Gasteiger partial charge in [-0.3, -0.25) is 10.00 Å². The maximum absolute atomic E-state index is 13.6. The van der Waals surface area contributed by atoms with Gasteiger partial charge in [0.15, 0.2) is 11.6 Å². The van der Waals surface area contributed by atoms with Gasteiger partial charge in [-0.25, -0.2) is 14.4 Å². The average Bonchev–Trinajstić information content (AvgIpc) is 3.39. The zero-order valence-electron chi connectivity index (χ0n) is 16.6. The van der Waals surface area contributed by atoms with E-state index in [2.05, 4.69) is 38.1 Å². The van der Waals surface area contributed by atoms with Gasteiger partial charge in [0.1, 0.15) is 5.82 Å². The minimum absolute atomic E-state index is 0.283. The van der Waals surface area contributed by atoms with Crippen molar-refractivity contribution in [2.24, 2.45) is 0 Å². The first-order chi connectivity index (χ1) is 14.2. The maximum atomic E-state index is 13.6. The second kappa shape index (κ2) is 9.13. The van der Waals surface area contributed by atoms with Crippen LogP contribution in [-0.4, -0.2) is 38.2 Å². The van der Waals surface area contributed by atoms with Crippen LogP contribution >= 0.6 is 0 Å². The number of halogens is 1. The second-order valence-corrected chi connectivity index (χ2v) is 7.34. The standard InChI is InChI=1S/C22H26FN5O/c1-2-22-24-13-16(14-25-22)15-28-10-5-7-20(28)19-12-17(26-27-19)9-11-29-21-8-4-3-6-18(21)23/h3-4,6,8,12-14,20H,2,5,7,9-11,15H2,1H3,(H,26,27)/t20-/m1/s1. The number of aromatic amines is 1. The molecule has 0 aliphatic carbocycles. The maximum Gasteiger partial charge on any atom is 0.165 e. The van der Waals surface area contributed by atoms with E-state index < -0.39 is 0 Å². The molecule has 0 bridgehead atoms. The summed E-state index contributed by atoms with van der Waals surface area (Å²) in [5.41, 5.74) is 3.18. The van der Waals surface area contributed by atoms with E-state index in [9.17, 15) is 4.39 Å². The number of hydrogen-bond acceptors (Lipinski definition) is 5. The lowest BCUT2D eigenvalue weighted by atomic mass is 10.1. The molecule has 1 N–H and O–H groups in total. The molecule has 152 valence electrons. The molecule has 3 heterocycles. The first-order valence-corrected chi connectivity index (χ1v) is 10.2. The highest BCUT2D eigenvalue weighted by atomic mass is 19.1. The van der Waals surface area contributed by atoms with E-state index in [0.717, 1.165) is 55.1 Å². The summed E-state index contributed by atoms with van der Waals surface area (Å²) in [7, 11) is 0. The quantitative estimate of drug-likeness (QED) is 0.627. The summed E-state index contributed by atoms with van der Waals surface area (Å²) in [6.45, 7) is 4.33. The van der Waals surface area contributed by atoms with Crippen LogP contribution in [0.5, 0.6) is 5.75 Å². The van der Waals surface area contributed by atoms with Crippen molar-refractivity contribution in [3.63, 3.8) is 0 Å². The molecule has 7 heteroatoms. The van der Waals surface area contributed by atoms with Crippen LogP contribution in [0, 0.1) is 5.82 Å². The summed E-state index contributed by atoms with van der Waals surface area (Å²) in [6.07, 6.45) is 7.60. The smallest absolute Gasteiger partial charge is 0.165 e. The van der Waals surface area contributed by atoms with Crippen LogP contribution in [0.15, 0.2) is 42.7 Å². The topological polar surface area (TPSA) is 66.9 Å². The van der Waals surface area contributed by atoms with Gasteiger partial charge in [0.2, 0.25) is 0 Å². The van der Waals surface area contributed by atoms with Gasteiger partial charge in [0.25, 0.3) is 0 Å². The van der Waals surface area contributed by atoms with Crippen molar-refractivity contribution in [2.75, 3.05) is 13.2 Å². The Morgan fingerprint density at radius 3 is 2.86 bits per heavy atom. The molecule has 1 aliphatic rings. The zero-order chi connectivity index (χ0) is 20.1. The number of ether oxygens (including phenoxy) is 1. The third-order valence-electron chi connectivity index (χ3n) is 5.28. The van der Waals surface area contributed by atoms with Crippen molar-refractivity contribution in [1.29, 1.82) is 0 Å². The van der Waals surface area contributed by atoms with Crippen LogP contribution in [0.2, 0.25) is 0 Å². The third kappa shape index (κ3) is 4.79. The predicted octanol–water partition coefficient (Wildman–Crippen LogP) is 3.86. The Balaban J connectivity index is 1.34. The van der Waals surface area contributed by atoms with Crippen molar-refractivity contribution in [3.05, 3.63) is 71.3 Å². The number of hydrogen-bond donors (Lipinski definition) is 1. The molecule has 0 radical (unpaired) electrons. The summed E-state index contributed by atoms with van der Waals surface area (Å²) in [6, 6.07) is 8.85. The molecule has 1 aliphatic heterocycles. The van der Waals surface area contributed by atoms with Crippen LogP contribution in [0.25, 0.3) is 0 Å². The third-order valence-corrected chi connectivity index (χ3v) is 5.28. The number of aromatic nitrogens is 4. The monoisotopic (exact) mass is 395 g/mol. The number of benzene rings is 1. The summed E-state index contributed by atoms with van der Waals surface area (Å²) in [5.74, 6) is 0.821. The minimum Gasteiger partial charge on any atom is -0.490 e. The molecule has 1 aromatic carbocycles. The number of para-hydroxylation sites is 1. The Morgan fingerprint density at radius 1 is 1.24 bits per heavy atom. The van der Waals surface area contributed by atoms with Gasteiger partial charge in [0, 0.05) is 43.0 Å². The Kier molecular flexibility index (Phi) is 6.14. The lowest BCUT2D eigenvalue weighted by Crippen LogP contribution is -2.23. The molecule has 1 fully saturated rings. The van der Waals surface area contributed by atoms with Gasteiger partial charge in [-0.15, -0.1) is 0 Å². The summed E-state index contributed by atoms with van der Waals surface area (Å²) >= 11 is 0. The van der Waals surface area contributed by atoms with E-state index in [4.69, 9.17) is 4.74 Å².